The van der Waals surface area contributed by atoms with Crippen molar-refractivity contribution in [2.24, 2.45) is 0 Å². The first-order chi connectivity index (χ1) is 18.0. The highest BCUT2D eigenvalue weighted by Crippen LogP contribution is 2.37. The fourth-order valence-corrected chi connectivity index (χ4v) is 6.74. The number of benzene rings is 1. The summed E-state index contributed by atoms with van der Waals surface area (Å²) in [6.07, 6.45) is 13.0. The van der Waals surface area contributed by atoms with Crippen LogP contribution in [0.15, 0.2) is 12.1 Å². The summed E-state index contributed by atoms with van der Waals surface area (Å²) in [5, 5.41) is 6.07. The molecule has 1 saturated carbocycles. The third-order valence-electron chi connectivity index (χ3n) is 8.87. The van der Waals surface area contributed by atoms with Gasteiger partial charge in [-0.3, -0.25) is 19.7 Å². The molecule has 0 spiro atoms. The number of hydrogen-bond donors (Lipinski definition) is 2. The van der Waals surface area contributed by atoms with Crippen molar-refractivity contribution in [1.82, 2.24) is 20.4 Å². The third kappa shape index (κ3) is 6.23. The van der Waals surface area contributed by atoms with Gasteiger partial charge in [-0.05, 0) is 100 Å². The van der Waals surface area contributed by atoms with Gasteiger partial charge in [0.1, 0.15) is 11.9 Å². The minimum absolute atomic E-state index is 0.216. The van der Waals surface area contributed by atoms with Gasteiger partial charge in [0, 0.05) is 24.6 Å². The molecule has 37 heavy (non-hydrogen) atoms. The molecular weight excluding hydrogens is 471 g/mol. The number of likely N-dealkylation sites (tertiary alicyclic amines) is 1. The summed E-state index contributed by atoms with van der Waals surface area (Å²) in [5.74, 6) is -1.22. The molecule has 0 aromatic heterocycles. The van der Waals surface area contributed by atoms with Crippen molar-refractivity contribution in [3.8, 4) is 0 Å². The molecule has 7 nitrogen and oxygen atoms in total. The number of carbonyl (C=O) groups excluding carboxylic acids is 3. The minimum atomic E-state index is -0.673. The van der Waals surface area contributed by atoms with E-state index in [0.717, 1.165) is 56.2 Å². The quantitative estimate of drug-likeness (QED) is 0.388. The van der Waals surface area contributed by atoms with Crippen LogP contribution in [0.25, 0.3) is 0 Å². The molecule has 5 rings (SSSR count). The number of carbonyl (C=O) groups is 3. The number of nitrogens with zero attached hydrogens (tertiary/aromatic N) is 2. The van der Waals surface area contributed by atoms with Crippen LogP contribution in [-0.4, -0.2) is 65.8 Å². The standard InChI is InChI=1S/C29H41FN4O3/c30-21-17-23(25-19-34(29(37)24(25)18-21)26-9-10-27(35)32-28(26)36)20-11-15-33(16-12-20)14-6-2-5-13-31-22-7-3-1-4-8-22/h17-18,20,22,26,31H,1-16,19H2,(H,32,35,36). The summed E-state index contributed by atoms with van der Waals surface area (Å²) in [4.78, 5) is 41.1. The van der Waals surface area contributed by atoms with E-state index >= 15 is 0 Å². The van der Waals surface area contributed by atoms with Gasteiger partial charge < -0.3 is 15.1 Å². The zero-order valence-corrected chi connectivity index (χ0v) is 21.9. The first-order valence-corrected chi connectivity index (χ1v) is 14.4. The van der Waals surface area contributed by atoms with Gasteiger partial charge in [0.2, 0.25) is 11.8 Å². The summed E-state index contributed by atoms with van der Waals surface area (Å²) in [6.45, 7) is 4.53. The van der Waals surface area contributed by atoms with Gasteiger partial charge in [0.05, 0.1) is 0 Å². The molecule has 202 valence electrons. The predicted octanol–water partition coefficient (Wildman–Crippen LogP) is 3.86. The molecule has 2 N–H and O–H groups in total. The van der Waals surface area contributed by atoms with E-state index in [4.69, 9.17) is 0 Å². The topological polar surface area (TPSA) is 81.8 Å². The molecule has 8 heteroatoms. The number of amides is 3. The first kappa shape index (κ1) is 26.3. The van der Waals surface area contributed by atoms with Crippen molar-refractivity contribution >= 4 is 17.7 Å². The van der Waals surface area contributed by atoms with Crippen molar-refractivity contribution < 1.29 is 18.8 Å². The van der Waals surface area contributed by atoms with Crippen LogP contribution in [0.2, 0.25) is 0 Å². The molecule has 0 radical (unpaired) electrons. The van der Waals surface area contributed by atoms with Crippen LogP contribution in [0, 0.1) is 5.82 Å². The second kappa shape index (κ2) is 12.0. The maximum atomic E-state index is 14.6. The monoisotopic (exact) mass is 512 g/mol. The summed E-state index contributed by atoms with van der Waals surface area (Å²) in [6, 6.07) is 2.97. The molecule has 1 aliphatic carbocycles. The average molecular weight is 513 g/mol. The highest BCUT2D eigenvalue weighted by atomic mass is 19.1. The molecule has 2 saturated heterocycles. The third-order valence-corrected chi connectivity index (χ3v) is 8.87. The second-order valence-corrected chi connectivity index (χ2v) is 11.4. The van der Waals surface area contributed by atoms with Gasteiger partial charge in [-0.2, -0.15) is 0 Å². The van der Waals surface area contributed by atoms with E-state index in [-0.39, 0.29) is 24.2 Å². The lowest BCUT2D eigenvalue weighted by Crippen LogP contribution is -2.52. The van der Waals surface area contributed by atoms with E-state index in [2.05, 4.69) is 15.5 Å². The molecule has 1 atom stereocenters. The Bertz CT molecular complexity index is 1000. The Hall–Kier alpha value is -2.32. The Kier molecular flexibility index (Phi) is 8.55. The molecule has 3 heterocycles. The van der Waals surface area contributed by atoms with Crippen LogP contribution in [0.5, 0.6) is 0 Å². The number of halogens is 1. The van der Waals surface area contributed by atoms with Gasteiger partial charge in [-0.25, -0.2) is 4.39 Å². The lowest BCUT2D eigenvalue weighted by Gasteiger charge is -2.33. The Balaban J connectivity index is 1.10. The lowest BCUT2D eigenvalue weighted by atomic mass is 9.85. The molecule has 4 aliphatic rings. The van der Waals surface area contributed by atoms with Crippen molar-refractivity contribution in [3.05, 3.63) is 34.6 Å². The zero-order valence-electron chi connectivity index (χ0n) is 21.9. The highest BCUT2D eigenvalue weighted by Gasteiger charge is 2.41. The molecule has 3 fully saturated rings. The molecule has 1 unspecified atom stereocenters. The first-order valence-electron chi connectivity index (χ1n) is 14.4. The molecule has 3 aliphatic heterocycles. The average Bonchev–Trinajstić information content (AvgIpc) is 3.22. The summed E-state index contributed by atoms with van der Waals surface area (Å²) >= 11 is 0. The number of hydrogen-bond acceptors (Lipinski definition) is 5. The number of nitrogens with one attached hydrogen (secondary N) is 2. The lowest BCUT2D eigenvalue weighted by molar-refractivity contribution is -0.136. The summed E-state index contributed by atoms with van der Waals surface area (Å²) < 4.78 is 14.6. The highest BCUT2D eigenvalue weighted by molar-refractivity contribution is 6.05. The predicted molar refractivity (Wildman–Crippen MR) is 140 cm³/mol. The van der Waals surface area contributed by atoms with E-state index in [9.17, 15) is 18.8 Å². The van der Waals surface area contributed by atoms with Gasteiger partial charge in [0.15, 0.2) is 0 Å². The van der Waals surface area contributed by atoms with E-state index in [0.29, 0.717) is 18.5 Å². The van der Waals surface area contributed by atoms with E-state index in [1.807, 2.05) is 0 Å². The maximum Gasteiger partial charge on any atom is 0.255 e. The number of fused-ring (bicyclic) bond motifs is 1. The largest absolute Gasteiger partial charge is 0.322 e. The number of unbranched alkanes of at least 4 members (excludes halogenated alkanes) is 2. The minimum Gasteiger partial charge on any atom is -0.322 e. The van der Waals surface area contributed by atoms with Crippen LogP contribution in [-0.2, 0) is 16.1 Å². The normalized spacial score (nSPS) is 24.0. The van der Waals surface area contributed by atoms with Crippen LogP contribution in [0.1, 0.15) is 104 Å². The van der Waals surface area contributed by atoms with Crippen molar-refractivity contribution in [3.63, 3.8) is 0 Å². The molecule has 1 aromatic carbocycles. The van der Waals surface area contributed by atoms with Gasteiger partial charge in [0.25, 0.3) is 5.91 Å². The van der Waals surface area contributed by atoms with E-state index in [1.54, 1.807) is 6.07 Å². The molecular formula is C29H41FN4O3. The van der Waals surface area contributed by atoms with Crippen LogP contribution >= 0.6 is 0 Å². The molecule has 3 amide bonds. The fraction of sp³-hybridized carbons (Fsp3) is 0.690. The Morgan fingerprint density at radius 2 is 1.73 bits per heavy atom. The van der Waals surface area contributed by atoms with E-state index in [1.165, 1.54) is 62.3 Å². The SMILES string of the molecule is O=C1CCC(N2Cc3c(cc(F)cc3C3CCN(CCCCCNC4CCCCC4)CC3)C2=O)C(=O)N1. The molecule has 1 aromatic rings. The van der Waals surface area contributed by atoms with Crippen molar-refractivity contribution in [2.45, 2.75) is 102 Å². The molecule has 0 bridgehead atoms. The van der Waals surface area contributed by atoms with Crippen molar-refractivity contribution in [1.29, 1.82) is 0 Å². The fourth-order valence-electron chi connectivity index (χ4n) is 6.74. The Morgan fingerprint density at radius 1 is 0.946 bits per heavy atom. The summed E-state index contributed by atoms with van der Waals surface area (Å²) in [7, 11) is 0. The second-order valence-electron chi connectivity index (χ2n) is 11.4. The van der Waals surface area contributed by atoms with Gasteiger partial charge in [-0.15, -0.1) is 0 Å². The maximum absolute atomic E-state index is 14.6. The number of rotatable bonds is 9. The Morgan fingerprint density at radius 3 is 2.49 bits per heavy atom. The zero-order chi connectivity index (χ0) is 25.8. The number of imide groups is 1. The van der Waals surface area contributed by atoms with Gasteiger partial charge in [-0.1, -0.05) is 25.7 Å². The smallest absolute Gasteiger partial charge is 0.255 e. The Labute approximate surface area is 219 Å². The van der Waals surface area contributed by atoms with Crippen molar-refractivity contribution in [2.75, 3.05) is 26.2 Å². The van der Waals surface area contributed by atoms with Gasteiger partial charge >= 0.3 is 0 Å². The van der Waals surface area contributed by atoms with Crippen LogP contribution < -0.4 is 10.6 Å². The summed E-state index contributed by atoms with van der Waals surface area (Å²) in [5.41, 5.74) is 2.16. The van der Waals surface area contributed by atoms with Crippen LogP contribution in [0.3, 0.4) is 0 Å². The number of piperidine rings is 2. The van der Waals surface area contributed by atoms with E-state index < -0.39 is 17.8 Å². The van der Waals surface area contributed by atoms with Crippen LogP contribution in [0.4, 0.5) is 4.39 Å².